The Kier molecular flexibility index (Phi) is 10.9. The first-order chi connectivity index (χ1) is 10.8. The van der Waals surface area contributed by atoms with E-state index in [0.29, 0.717) is 24.8 Å². The van der Waals surface area contributed by atoms with Gasteiger partial charge in [-0.15, -0.1) is 24.0 Å². The Morgan fingerprint density at radius 1 is 1.38 bits per heavy atom. The maximum atomic E-state index is 13.1. The minimum absolute atomic E-state index is 0. The molecular formula is C15H25FIN3O3S. The molecule has 24 heavy (non-hydrogen) atoms. The van der Waals surface area contributed by atoms with Crippen LogP contribution >= 0.6 is 24.0 Å². The van der Waals surface area contributed by atoms with Gasteiger partial charge in [0.2, 0.25) is 0 Å². The smallest absolute Gasteiger partial charge is 0.191 e. The van der Waals surface area contributed by atoms with Crippen molar-refractivity contribution >= 4 is 39.8 Å². The van der Waals surface area contributed by atoms with Crippen LogP contribution in [0.3, 0.4) is 0 Å². The van der Waals surface area contributed by atoms with E-state index >= 15 is 0 Å². The SMILES string of the molecule is CCNC(=NCC(C)Oc1cccc(F)c1)NCCS(C)(=O)=O.I. The van der Waals surface area contributed by atoms with Crippen LogP contribution < -0.4 is 15.4 Å². The van der Waals surface area contributed by atoms with Crippen LogP contribution in [0.1, 0.15) is 13.8 Å². The highest BCUT2D eigenvalue weighted by Gasteiger charge is 2.06. The molecule has 0 heterocycles. The summed E-state index contributed by atoms with van der Waals surface area (Å²) in [4.78, 5) is 4.33. The molecule has 0 aliphatic carbocycles. The molecule has 0 saturated heterocycles. The van der Waals surface area contributed by atoms with E-state index < -0.39 is 9.84 Å². The molecule has 2 N–H and O–H groups in total. The lowest BCUT2D eigenvalue weighted by atomic mass is 10.3. The Morgan fingerprint density at radius 2 is 2.08 bits per heavy atom. The predicted molar refractivity (Wildman–Crippen MR) is 106 cm³/mol. The molecule has 1 atom stereocenters. The number of aliphatic imine (C=N–C) groups is 1. The van der Waals surface area contributed by atoms with Gasteiger partial charge < -0.3 is 15.4 Å². The average Bonchev–Trinajstić information content (AvgIpc) is 2.43. The van der Waals surface area contributed by atoms with Crippen LogP contribution in [0, 0.1) is 5.82 Å². The number of hydrogen-bond acceptors (Lipinski definition) is 4. The van der Waals surface area contributed by atoms with E-state index in [1.165, 1.54) is 18.4 Å². The highest BCUT2D eigenvalue weighted by atomic mass is 127. The molecule has 0 aromatic heterocycles. The summed E-state index contributed by atoms with van der Waals surface area (Å²) in [5, 5.41) is 5.98. The van der Waals surface area contributed by atoms with Gasteiger partial charge in [0.05, 0.1) is 12.3 Å². The summed E-state index contributed by atoms with van der Waals surface area (Å²) in [7, 11) is -3.02. The maximum absolute atomic E-state index is 13.1. The molecule has 1 aromatic carbocycles. The molecule has 6 nitrogen and oxygen atoms in total. The van der Waals surface area contributed by atoms with Gasteiger partial charge in [-0.1, -0.05) is 6.07 Å². The Bertz CT molecular complexity index is 626. The van der Waals surface area contributed by atoms with Crippen molar-refractivity contribution < 1.29 is 17.5 Å². The van der Waals surface area contributed by atoms with Crippen LogP contribution in [-0.2, 0) is 9.84 Å². The van der Waals surface area contributed by atoms with Crippen LogP contribution in [0.2, 0.25) is 0 Å². The summed E-state index contributed by atoms with van der Waals surface area (Å²) >= 11 is 0. The lowest BCUT2D eigenvalue weighted by molar-refractivity contribution is 0.229. The maximum Gasteiger partial charge on any atom is 0.191 e. The fourth-order valence-corrected chi connectivity index (χ4v) is 2.20. The second-order valence-corrected chi connectivity index (χ2v) is 7.42. The number of rotatable bonds is 8. The topological polar surface area (TPSA) is 79.8 Å². The molecule has 0 spiro atoms. The van der Waals surface area contributed by atoms with Crippen LogP contribution in [-0.4, -0.2) is 52.1 Å². The number of sulfone groups is 1. The van der Waals surface area contributed by atoms with Crippen molar-refractivity contribution in [2.75, 3.05) is 31.6 Å². The van der Waals surface area contributed by atoms with Gasteiger partial charge in [0, 0.05) is 25.4 Å². The Balaban J connectivity index is 0.00000529. The van der Waals surface area contributed by atoms with Crippen LogP contribution in [0.5, 0.6) is 5.75 Å². The van der Waals surface area contributed by atoms with E-state index in [9.17, 15) is 12.8 Å². The third kappa shape index (κ3) is 10.6. The van der Waals surface area contributed by atoms with Crippen molar-refractivity contribution in [2.45, 2.75) is 20.0 Å². The number of ether oxygens (including phenoxy) is 1. The molecule has 0 saturated carbocycles. The average molecular weight is 473 g/mol. The van der Waals surface area contributed by atoms with Crippen molar-refractivity contribution in [1.82, 2.24) is 10.6 Å². The lowest BCUT2D eigenvalue weighted by Gasteiger charge is -2.15. The second kappa shape index (κ2) is 11.5. The van der Waals surface area contributed by atoms with Crippen LogP contribution in [0.25, 0.3) is 0 Å². The summed E-state index contributed by atoms with van der Waals surface area (Å²) in [6, 6.07) is 5.93. The van der Waals surface area contributed by atoms with Crippen molar-refractivity contribution in [1.29, 1.82) is 0 Å². The Labute approximate surface area is 160 Å². The Hall–Kier alpha value is -1.10. The van der Waals surface area contributed by atoms with Gasteiger partial charge in [0.1, 0.15) is 27.5 Å². The summed E-state index contributed by atoms with van der Waals surface area (Å²) in [6.45, 7) is 5.03. The lowest BCUT2D eigenvalue weighted by Crippen LogP contribution is -2.40. The van der Waals surface area contributed by atoms with Gasteiger partial charge in [0.25, 0.3) is 0 Å². The molecule has 0 radical (unpaired) electrons. The van der Waals surface area contributed by atoms with Crippen molar-refractivity contribution in [3.05, 3.63) is 30.1 Å². The fraction of sp³-hybridized carbons (Fsp3) is 0.533. The first-order valence-electron chi connectivity index (χ1n) is 7.42. The minimum Gasteiger partial charge on any atom is -0.489 e. The first kappa shape index (κ1) is 22.9. The number of nitrogens with one attached hydrogen (secondary N) is 2. The van der Waals surface area contributed by atoms with Gasteiger partial charge >= 0.3 is 0 Å². The van der Waals surface area contributed by atoms with Gasteiger partial charge in [-0.2, -0.15) is 0 Å². The summed E-state index contributed by atoms with van der Waals surface area (Å²) in [5.41, 5.74) is 0. The van der Waals surface area contributed by atoms with Crippen LogP contribution in [0.15, 0.2) is 29.3 Å². The fourth-order valence-electron chi connectivity index (χ4n) is 1.73. The molecule has 1 unspecified atom stereocenters. The number of hydrogen-bond donors (Lipinski definition) is 2. The third-order valence-electron chi connectivity index (χ3n) is 2.75. The van der Waals surface area contributed by atoms with E-state index in [-0.39, 0.29) is 48.2 Å². The van der Waals surface area contributed by atoms with Crippen molar-refractivity contribution in [3.63, 3.8) is 0 Å². The highest BCUT2D eigenvalue weighted by Crippen LogP contribution is 2.13. The zero-order valence-electron chi connectivity index (χ0n) is 14.1. The number of benzene rings is 1. The molecule has 1 aromatic rings. The second-order valence-electron chi connectivity index (χ2n) is 5.16. The van der Waals surface area contributed by atoms with Gasteiger partial charge in [0.15, 0.2) is 5.96 Å². The number of nitrogens with zero attached hydrogens (tertiary/aromatic N) is 1. The number of guanidine groups is 1. The normalized spacial score (nSPS) is 12.9. The highest BCUT2D eigenvalue weighted by molar-refractivity contribution is 14.0. The molecule has 0 amide bonds. The molecule has 1 rings (SSSR count). The van der Waals surface area contributed by atoms with Gasteiger partial charge in [-0.25, -0.2) is 17.8 Å². The molecule has 0 aliphatic heterocycles. The van der Waals surface area contributed by atoms with E-state index in [0.717, 1.165) is 0 Å². The molecule has 0 fully saturated rings. The predicted octanol–water partition coefficient (Wildman–Crippen LogP) is 1.81. The minimum atomic E-state index is -3.02. The molecule has 0 aliphatic rings. The quantitative estimate of drug-likeness (QED) is 0.342. The molecular weight excluding hydrogens is 448 g/mol. The van der Waals surface area contributed by atoms with Crippen molar-refractivity contribution in [3.8, 4) is 5.75 Å². The van der Waals surface area contributed by atoms with E-state index in [4.69, 9.17) is 4.74 Å². The monoisotopic (exact) mass is 473 g/mol. The first-order valence-corrected chi connectivity index (χ1v) is 9.48. The zero-order chi connectivity index (χ0) is 17.3. The summed E-state index contributed by atoms with van der Waals surface area (Å²) in [6.07, 6.45) is 0.940. The largest absolute Gasteiger partial charge is 0.489 e. The van der Waals surface area contributed by atoms with E-state index in [1.807, 2.05) is 13.8 Å². The molecule has 9 heteroatoms. The van der Waals surface area contributed by atoms with E-state index in [1.54, 1.807) is 12.1 Å². The van der Waals surface area contributed by atoms with Gasteiger partial charge in [-0.3, -0.25) is 0 Å². The summed E-state index contributed by atoms with van der Waals surface area (Å²) in [5.74, 6) is 0.648. The van der Waals surface area contributed by atoms with E-state index in [2.05, 4.69) is 15.6 Å². The third-order valence-corrected chi connectivity index (χ3v) is 3.70. The van der Waals surface area contributed by atoms with Crippen molar-refractivity contribution in [2.24, 2.45) is 4.99 Å². The van der Waals surface area contributed by atoms with Crippen LogP contribution in [0.4, 0.5) is 4.39 Å². The molecule has 0 bridgehead atoms. The summed E-state index contributed by atoms with van der Waals surface area (Å²) < 4.78 is 40.9. The zero-order valence-corrected chi connectivity index (χ0v) is 17.2. The Morgan fingerprint density at radius 3 is 2.67 bits per heavy atom. The molecule has 138 valence electrons. The standard InChI is InChI=1S/C15H24FN3O3S.HI/c1-4-17-15(18-8-9-23(3,20)21)19-11-12(2)22-14-7-5-6-13(16)10-14;/h5-7,10,12H,4,8-9,11H2,1-3H3,(H2,17,18,19);1H. The number of halogens is 2. The van der Waals surface area contributed by atoms with Gasteiger partial charge in [-0.05, 0) is 26.0 Å².